The highest BCUT2D eigenvalue weighted by atomic mass is 35.5. The van der Waals surface area contributed by atoms with Crippen molar-refractivity contribution in [2.45, 2.75) is 40.0 Å². The van der Waals surface area contributed by atoms with Crippen LogP contribution in [-0.2, 0) is 6.42 Å². The van der Waals surface area contributed by atoms with E-state index >= 15 is 0 Å². The van der Waals surface area contributed by atoms with Crippen molar-refractivity contribution in [3.63, 3.8) is 0 Å². The van der Waals surface area contributed by atoms with Crippen molar-refractivity contribution in [2.75, 3.05) is 0 Å². The van der Waals surface area contributed by atoms with Gasteiger partial charge in [0, 0.05) is 6.42 Å². The Balaban J connectivity index is 0.000000791. The molecule has 1 aromatic heterocycles. The van der Waals surface area contributed by atoms with Gasteiger partial charge in [-0.25, -0.2) is 4.98 Å². The summed E-state index contributed by atoms with van der Waals surface area (Å²) < 4.78 is 0. The first-order chi connectivity index (χ1) is 6.77. The third kappa shape index (κ3) is 3.92. The molecule has 4 heteroatoms. The van der Waals surface area contributed by atoms with Gasteiger partial charge in [0.1, 0.15) is 16.7 Å². The molecule has 0 aliphatic heterocycles. The Morgan fingerprint density at radius 1 is 1.50 bits per heavy atom. The topological polar surface area (TPSA) is 45.8 Å². The zero-order valence-corrected chi connectivity index (χ0v) is 9.69. The van der Waals surface area contributed by atoms with Gasteiger partial charge in [-0.2, -0.15) is 0 Å². The number of aromatic nitrogens is 2. The summed E-state index contributed by atoms with van der Waals surface area (Å²) in [6.45, 7) is 6.10. The van der Waals surface area contributed by atoms with Gasteiger partial charge in [0.25, 0.3) is 0 Å². The van der Waals surface area contributed by atoms with E-state index in [2.05, 4.69) is 16.9 Å². The molecule has 14 heavy (non-hydrogen) atoms. The second-order valence-corrected chi connectivity index (χ2v) is 2.98. The summed E-state index contributed by atoms with van der Waals surface area (Å²) in [6.07, 6.45) is 3.68. The van der Waals surface area contributed by atoms with Crippen molar-refractivity contribution < 1.29 is 4.79 Å². The van der Waals surface area contributed by atoms with Gasteiger partial charge in [0.2, 0.25) is 0 Å². The molecule has 0 aliphatic carbocycles. The molecule has 0 saturated carbocycles. The maximum Gasteiger partial charge on any atom is 0.171 e. The predicted molar refractivity (Wildman–Crippen MR) is 58.9 cm³/mol. The highest BCUT2D eigenvalue weighted by Gasteiger charge is 2.05. The van der Waals surface area contributed by atoms with Crippen LogP contribution in [0.25, 0.3) is 0 Å². The minimum Gasteiger partial charge on any atom is -0.332 e. The van der Waals surface area contributed by atoms with Crippen LogP contribution in [-0.4, -0.2) is 16.3 Å². The summed E-state index contributed by atoms with van der Waals surface area (Å²) in [4.78, 5) is 17.2. The molecule has 0 atom stereocenters. The van der Waals surface area contributed by atoms with Crippen LogP contribution in [0.1, 0.15) is 49.9 Å². The Morgan fingerprint density at radius 2 is 2.14 bits per heavy atom. The van der Waals surface area contributed by atoms with Crippen molar-refractivity contribution in [3.8, 4) is 0 Å². The lowest BCUT2D eigenvalue weighted by molar-refractivity contribution is 0.111. The molecule has 0 bridgehead atoms. The quantitative estimate of drug-likeness (QED) is 0.786. The second kappa shape index (κ2) is 7.56. The minimum absolute atomic E-state index is 0.308. The molecule has 1 rings (SSSR count). The van der Waals surface area contributed by atoms with Crippen LogP contribution in [0.2, 0.25) is 5.15 Å². The van der Waals surface area contributed by atoms with E-state index in [9.17, 15) is 4.79 Å². The molecule has 0 spiro atoms. The molecule has 0 saturated heterocycles. The predicted octanol–water partition coefficient (Wildman–Crippen LogP) is 3.24. The zero-order chi connectivity index (χ0) is 11.0. The fourth-order valence-electron chi connectivity index (χ4n) is 0.954. The summed E-state index contributed by atoms with van der Waals surface area (Å²) in [7, 11) is 0. The average Bonchev–Trinajstić information content (AvgIpc) is 2.59. The maximum absolute atomic E-state index is 10.3. The number of halogens is 1. The molecule has 0 fully saturated rings. The number of aryl methyl sites for hydroxylation is 1. The number of unbranched alkanes of at least 4 members (excludes halogenated alkanes) is 1. The largest absolute Gasteiger partial charge is 0.332 e. The van der Waals surface area contributed by atoms with Gasteiger partial charge in [0.05, 0.1) is 0 Å². The monoisotopic (exact) mass is 216 g/mol. The van der Waals surface area contributed by atoms with Crippen LogP contribution < -0.4 is 0 Å². The van der Waals surface area contributed by atoms with Crippen molar-refractivity contribution in [1.82, 2.24) is 9.97 Å². The molecule has 1 heterocycles. The van der Waals surface area contributed by atoms with Crippen molar-refractivity contribution in [3.05, 3.63) is 16.7 Å². The van der Waals surface area contributed by atoms with Gasteiger partial charge in [-0.3, -0.25) is 4.79 Å². The summed E-state index contributed by atoms with van der Waals surface area (Å²) in [5, 5.41) is 0.344. The van der Waals surface area contributed by atoms with Crippen LogP contribution in [0.15, 0.2) is 0 Å². The van der Waals surface area contributed by atoms with Crippen molar-refractivity contribution >= 4 is 17.9 Å². The SMILES string of the molecule is CC.CCCCc1nc(C=O)c(Cl)[nH]1. The van der Waals surface area contributed by atoms with Crippen LogP contribution in [0, 0.1) is 0 Å². The van der Waals surface area contributed by atoms with Gasteiger partial charge in [0.15, 0.2) is 6.29 Å². The lowest BCUT2D eigenvalue weighted by atomic mass is 10.2. The Bertz CT molecular complexity index is 271. The fraction of sp³-hybridized carbons (Fsp3) is 0.600. The summed E-state index contributed by atoms with van der Waals surface area (Å²) in [6, 6.07) is 0. The van der Waals surface area contributed by atoms with Gasteiger partial charge in [-0.1, -0.05) is 38.8 Å². The van der Waals surface area contributed by atoms with E-state index in [4.69, 9.17) is 11.6 Å². The van der Waals surface area contributed by atoms with E-state index in [-0.39, 0.29) is 0 Å². The van der Waals surface area contributed by atoms with Gasteiger partial charge < -0.3 is 4.98 Å². The Hall–Kier alpha value is -0.830. The molecule has 1 N–H and O–H groups in total. The molecule has 1 aromatic rings. The number of aromatic amines is 1. The fourth-order valence-corrected chi connectivity index (χ4v) is 1.15. The van der Waals surface area contributed by atoms with Crippen LogP contribution >= 0.6 is 11.6 Å². The average molecular weight is 217 g/mol. The van der Waals surface area contributed by atoms with E-state index < -0.39 is 0 Å². The third-order valence-corrected chi connectivity index (χ3v) is 1.90. The first-order valence-corrected chi connectivity index (χ1v) is 5.35. The van der Waals surface area contributed by atoms with Crippen LogP contribution in [0.5, 0.6) is 0 Å². The first-order valence-electron chi connectivity index (χ1n) is 4.97. The van der Waals surface area contributed by atoms with Gasteiger partial charge in [-0.15, -0.1) is 0 Å². The Kier molecular flexibility index (Phi) is 7.11. The number of H-pyrrole nitrogens is 1. The Morgan fingerprint density at radius 3 is 2.57 bits per heavy atom. The van der Waals surface area contributed by atoms with Crippen LogP contribution in [0.4, 0.5) is 0 Å². The second-order valence-electron chi connectivity index (χ2n) is 2.60. The van der Waals surface area contributed by atoms with Crippen molar-refractivity contribution in [2.24, 2.45) is 0 Å². The molecular formula is C10H17ClN2O. The third-order valence-electron chi connectivity index (χ3n) is 1.61. The molecule has 0 aromatic carbocycles. The van der Waals surface area contributed by atoms with E-state index in [0.717, 1.165) is 25.1 Å². The molecule has 3 nitrogen and oxygen atoms in total. The van der Waals surface area contributed by atoms with Crippen LogP contribution in [0.3, 0.4) is 0 Å². The lowest BCUT2D eigenvalue weighted by Crippen LogP contribution is -1.87. The number of aldehydes is 1. The number of nitrogens with zero attached hydrogens (tertiary/aromatic N) is 1. The number of hydrogen-bond acceptors (Lipinski definition) is 2. The number of rotatable bonds is 4. The Labute approximate surface area is 89.9 Å². The van der Waals surface area contributed by atoms with Gasteiger partial charge in [-0.05, 0) is 6.42 Å². The lowest BCUT2D eigenvalue weighted by Gasteiger charge is -1.90. The maximum atomic E-state index is 10.3. The molecular weight excluding hydrogens is 200 g/mol. The molecule has 80 valence electrons. The minimum atomic E-state index is 0.308. The molecule has 0 radical (unpaired) electrons. The summed E-state index contributed by atoms with van der Waals surface area (Å²) in [5.74, 6) is 0.795. The number of hydrogen-bond donors (Lipinski definition) is 1. The summed E-state index contributed by atoms with van der Waals surface area (Å²) >= 11 is 5.67. The molecule has 0 unspecified atom stereocenters. The highest BCUT2D eigenvalue weighted by Crippen LogP contribution is 2.11. The smallest absolute Gasteiger partial charge is 0.171 e. The van der Waals surface area contributed by atoms with E-state index in [1.165, 1.54) is 0 Å². The number of imidazole rings is 1. The molecule has 0 amide bonds. The van der Waals surface area contributed by atoms with Crippen molar-refractivity contribution in [1.29, 1.82) is 0 Å². The number of nitrogens with one attached hydrogen (secondary N) is 1. The summed E-state index contributed by atoms with van der Waals surface area (Å²) in [5.41, 5.74) is 0.308. The zero-order valence-electron chi connectivity index (χ0n) is 8.93. The van der Waals surface area contributed by atoms with E-state index in [1.807, 2.05) is 13.8 Å². The molecule has 0 aliphatic rings. The van der Waals surface area contributed by atoms with Gasteiger partial charge >= 0.3 is 0 Å². The first kappa shape index (κ1) is 13.2. The number of carbonyl (C=O) groups is 1. The normalized spacial score (nSPS) is 9.14. The standard InChI is InChI=1S/C8H11ClN2O.C2H6/c1-2-3-4-7-10-6(5-12)8(9)11-7;1-2/h5H,2-4H2,1H3,(H,10,11);1-2H3. The number of carbonyl (C=O) groups excluding carboxylic acids is 1. The van der Waals surface area contributed by atoms with E-state index in [1.54, 1.807) is 0 Å². The van der Waals surface area contributed by atoms with E-state index in [0.29, 0.717) is 17.1 Å². The highest BCUT2D eigenvalue weighted by molar-refractivity contribution is 6.31.